The molecule has 25 heavy (non-hydrogen) atoms. The zero-order chi connectivity index (χ0) is 16.8. The third-order valence-electron chi connectivity index (χ3n) is 5.54. The van der Waals surface area contributed by atoms with E-state index in [1.54, 1.807) is 0 Å². The van der Waals surface area contributed by atoms with Gasteiger partial charge < -0.3 is 5.32 Å². The molecule has 0 atom stereocenters. The number of allylic oxidation sites excluding steroid dienone is 1. The molecular weight excluding hydrogens is 310 g/mol. The van der Waals surface area contributed by atoms with Crippen LogP contribution in [0.3, 0.4) is 0 Å². The molecule has 4 nitrogen and oxygen atoms in total. The van der Waals surface area contributed by atoms with E-state index < -0.39 is 0 Å². The molecule has 0 spiro atoms. The Bertz CT molecular complexity index is 828. The highest BCUT2D eigenvalue weighted by Gasteiger charge is 2.36. The lowest BCUT2D eigenvalue weighted by Gasteiger charge is -2.11. The first-order valence-electron chi connectivity index (χ1n) is 9.48. The molecule has 2 aromatic rings. The maximum absolute atomic E-state index is 12.7. The molecule has 128 valence electrons. The lowest BCUT2D eigenvalue weighted by molar-refractivity contribution is -0.112. The van der Waals surface area contributed by atoms with Crippen LogP contribution in [0.1, 0.15) is 43.4 Å². The maximum atomic E-state index is 12.7. The fourth-order valence-corrected chi connectivity index (χ4v) is 3.98. The smallest absolute Gasteiger partial charge is 0.249 e. The van der Waals surface area contributed by atoms with E-state index >= 15 is 0 Å². The highest BCUT2D eigenvalue weighted by Crippen LogP contribution is 2.48. The van der Waals surface area contributed by atoms with Gasteiger partial charge in [0.2, 0.25) is 5.91 Å². The van der Waals surface area contributed by atoms with E-state index in [4.69, 9.17) is 5.10 Å². The van der Waals surface area contributed by atoms with Gasteiger partial charge in [-0.25, -0.2) is 4.68 Å². The van der Waals surface area contributed by atoms with Crippen LogP contribution < -0.4 is 5.32 Å². The van der Waals surface area contributed by atoms with Gasteiger partial charge in [-0.1, -0.05) is 23.8 Å². The molecule has 1 N–H and O–H groups in total. The van der Waals surface area contributed by atoms with Gasteiger partial charge in [0.25, 0.3) is 0 Å². The molecular formula is C21H23N3O. The fourth-order valence-electron chi connectivity index (χ4n) is 3.98. The molecule has 0 saturated heterocycles. The van der Waals surface area contributed by atoms with Gasteiger partial charge in [0.15, 0.2) is 0 Å². The molecule has 1 aromatic carbocycles. The molecule has 1 heterocycles. The van der Waals surface area contributed by atoms with Crippen molar-refractivity contribution >= 4 is 11.7 Å². The van der Waals surface area contributed by atoms with Crippen LogP contribution in [0.2, 0.25) is 0 Å². The highest BCUT2D eigenvalue weighted by atomic mass is 16.1. The Morgan fingerprint density at radius 3 is 2.48 bits per heavy atom. The minimum atomic E-state index is 0.0144. The molecule has 2 saturated carbocycles. The van der Waals surface area contributed by atoms with Gasteiger partial charge in [-0.05, 0) is 68.9 Å². The van der Waals surface area contributed by atoms with Gasteiger partial charge in [0.05, 0.1) is 11.4 Å². The van der Waals surface area contributed by atoms with Gasteiger partial charge in [0, 0.05) is 11.6 Å². The third kappa shape index (κ3) is 2.90. The summed E-state index contributed by atoms with van der Waals surface area (Å²) in [5.41, 5.74) is 4.73. The molecule has 1 amide bonds. The number of anilines is 1. The van der Waals surface area contributed by atoms with Crippen molar-refractivity contribution < 1.29 is 4.79 Å². The number of hydrogen-bond acceptors (Lipinski definition) is 2. The summed E-state index contributed by atoms with van der Waals surface area (Å²) in [4.78, 5) is 12.7. The second-order valence-corrected chi connectivity index (χ2v) is 7.56. The number of aromatic nitrogens is 2. The molecule has 0 unspecified atom stereocenters. The standard InChI is InChI=1S/C21H23N3O/c25-20(13-18(14-9-10-14)15-11-12-15)22-21-17-7-4-8-19(17)23-24(21)16-5-2-1-3-6-16/h1-3,5-6,13-15H,4,7-12H2,(H,22,25). The number of amides is 1. The van der Waals surface area contributed by atoms with Crippen molar-refractivity contribution in [3.05, 3.63) is 53.2 Å². The number of rotatable bonds is 5. The second-order valence-electron chi connectivity index (χ2n) is 7.56. The topological polar surface area (TPSA) is 46.9 Å². The Morgan fingerprint density at radius 2 is 1.80 bits per heavy atom. The molecule has 3 aliphatic rings. The lowest BCUT2D eigenvalue weighted by Crippen LogP contribution is -2.15. The Kier molecular flexibility index (Phi) is 3.51. The van der Waals surface area contributed by atoms with Crippen molar-refractivity contribution in [2.45, 2.75) is 44.9 Å². The molecule has 0 bridgehead atoms. The van der Waals surface area contributed by atoms with Gasteiger partial charge >= 0.3 is 0 Å². The van der Waals surface area contributed by atoms with E-state index in [1.165, 1.54) is 36.8 Å². The van der Waals surface area contributed by atoms with Gasteiger partial charge in [-0.3, -0.25) is 4.79 Å². The molecule has 2 fully saturated rings. The van der Waals surface area contributed by atoms with Crippen molar-refractivity contribution in [3.63, 3.8) is 0 Å². The summed E-state index contributed by atoms with van der Waals surface area (Å²) in [7, 11) is 0. The molecule has 3 aliphatic carbocycles. The predicted molar refractivity (Wildman–Crippen MR) is 97.7 cm³/mol. The minimum absolute atomic E-state index is 0.0144. The van der Waals surface area contributed by atoms with Crippen molar-refractivity contribution in [2.75, 3.05) is 5.32 Å². The van der Waals surface area contributed by atoms with Crippen molar-refractivity contribution in [1.82, 2.24) is 9.78 Å². The monoisotopic (exact) mass is 333 g/mol. The predicted octanol–water partition coefficient (Wildman–Crippen LogP) is 4.05. The van der Waals surface area contributed by atoms with Crippen LogP contribution in [0, 0.1) is 11.8 Å². The van der Waals surface area contributed by atoms with Crippen LogP contribution in [-0.2, 0) is 17.6 Å². The van der Waals surface area contributed by atoms with Crippen molar-refractivity contribution in [1.29, 1.82) is 0 Å². The number of nitrogens with zero attached hydrogens (tertiary/aromatic N) is 2. The van der Waals surface area contributed by atoms with Crippen LogP contribution in [0.5, 0.6) is 0 Å². The van der Waals surface area contributed by atoms with E-state index in [-0.39, 0.29) is 5.91 Å². The molecule has 1 aromatic heterocycles. The van der Waals surface area contributed by atoms with Crippen molar-refractivity contribution in [3.8, 4) is 5.69 Å². The lowest BCUT2D eigenvalue weighted by atomic mass is 10.1. The summed E-state index contributed by atoms with van der Waals surface area (Å²) < 4.78 is 1.91. The Hall–Kier alpha value is -2.36. The number of hydrogen-bond donors (Lipinski definition) is 1. The maximum Gasteiger partial charge on any atom is 0.249 e. The van der Waals surface area contributed by atoms with Gasteiger partial charge in [0.1, 0.15) is 5.82 Å². The summed E-state index contributed by atoms with van der Waals surface area (Å²) in [5.74, 6) is 2.22. The highest BCUT2D eigenvalue weighted by molar-refractivity contribution is 6.00. The summed E-state index contributed by atoms with van der Waals surface area (Å²) in [5, 5.41) is 7.94. The zero-order valence-electron chi connectivity index (χ0n) is 14.4. The molecule has 0 radical (unpaired) electrons. The first-order valence-corrected chi connectivity index (χ1v) is 9.48. The molecule has 5 rings (SSSR count). The Balaban J connectivity index is 1.47. The number of aryl methyl sites for hydroxylation is 1. The van der Waals surface area contributed by atoms with E-state index in [0.29, 0.717) is 11.8 Å². The van der Waals surface area contributed by atoms with Crippen LogP contribution in [-0.4, -0.2) is 15.7 Å². The number of fused-ring (bicyclic) bond motifs is 1. The normalized spacial score (nSPS) is 18.7. The Morgan fingerprint density at radius 1 is 1.08 bits per heavy atom. The zero-order valence-corrected chi connectivity index (χ0v) is 14.4. The summed E-state index contributed by atoms with van der Waals surface area (Å²) in [6, 6.07) is 10.1. The number of nitrogens with one attached hydrogen (secondary N) is 1. The SMILES string of the molecule is O=C(C=C(C1CC1)C1CC1)Nc1c2c(nn1-c1ccccc1)CCC2. The minimum Gasteiger partial charge on any atom is -0.307 e. The average Bonchev–Trinajstić information content (AvgIpc) is 3.55. The van der Waals surface area contributed by atoms with E-state index in [0.717, 1.165) is 36.5 Å². The fraction of sp³-hybridized carbons (Fsp3) is 0.429. The second kappa shape index (κ2) is 5.87. The Labute approximate surface area is 147 Å². The largest absolute Gasteiger partial charge is 0.307 e. The number of para-hydroxylation sites is 1. The van der Waals surface area contributed by atoms with Crippen LogP contribution in [0.25, 0.3) is 5.69 Å². The van der Waals surface area contributed by atoms with Gasteiger partial charge in [-0.15, -0.1) is 0 Å². The number of carbonyl (C=O) groups excluding carboxylic acids is 1. The van der Waals surface area contributed by atoms with E-state index in [1.807, 2.05) is 41.1 Å². The summed E-state index contributed by atoms with van der Waals surface area (Å²) in [6.07, 6.45) is 10.0. The number of benzene rings is 1. The summed E-state index contributed by atoms with van der Waals surface area (Å²) >= 11 is 0. The van der Waals surface area contributed by atoms with Crippen LogP contribution >= 0.6 is 0 Å². The summed E-state index contributed by atoms with van der Waals surface area (Å²) in [6.45, 7) is 0. The molecule has 4 heteroatoms. The van der Waals surface area contributed by atoms with E-state index in [9.17, 15) is 4.79 Å². The quantitative estimate of drug-likeness (QED) is 0.839. The number of carbonyl (C=O) groups is 1. The van der Waals surface area contributed by atoms with Crippen molar-refractivity contribution in [2.24, 2.45) is 11.8 Å². The van der Waals surface area contributed by atoms with Crippen LogP contribution in [0.4, 0.5) is 5.82 Å². The van der Waals surface area contributed by atoms with Gasteiger partial charge in [-0.2, -0.15) is 5.10 Å². The third-order valence-corrected chi connectivity index (χ3v) is 5.54. The molecule has 0 aliphatic heterocycles. The van der Waals surface area contributed by atoms with E-state index in [2.05, 4.69) is 5.32 Å². The first-order chi connectivity index (χ1) is 12.3. The first kappa shape index (κ1) is 14.9. The van der Waals surface area contributed by atoms with Crippen LogP contribution in [0.15, 0.2) is 42.0 Å². The average molecular weight is 333 g/mol.